The second-order valence-electron chi connectivity index (χ2n) is 6.36. The van der Waals surface area contributed by atoms with Gasteiger partial charge in [-0.3, -0.25) is 4.79 Å². The Bertz CT molecular complexity index is 284. The lowest BCUT2D eigenvalue weighted by atomic mass is 9.87. The molecule has 2 atom stereocenters. The Morgan fingerprint density at radius 2 is 1.83 bits per heavy atom. The van der Waals surface area contributed by atoms with Crippen LogP contribution in [0.15, 0.2) is 0 Å². The van der Waals surface area contributed by atoms with Crippen molar-refractivity contribution in [3.8, 4) is 0 Å². The Kier molecular flexibility index (Phi) is 4.66. The SMILES string of the molecule is CC(C)C(C)C(=O)N1CCCC1C1CCNCC1. The first kappa shape index (κ1) is 13.9. The van der Waals surface area contributed by atoms with Gasteiger partial charge in [-0.25, -0.2) is 0 Å². The molecule has 0 spiro atoms. The Morgan fingerprint density at radius 1 is 1.17 bits per heavy atom. The lowest BCUT2D eigenvalue weighted by Crippen LogP contribution is -2.46. The van der Waals surface area contributed by atoms with Gasteiger partial charge in [-0.05, 0) is 50.6 Å². The van der Waals surface area contributed by atoms with Crippen molar-refractivity contribution >= 4 is 5.91 Å². The molecule has 0 radical (unpaired) electrons. The van der Waals surface area contributed by atoms with Gasteiger partial charge in [0.05, 0.1) is 0 Å². The second-order valence-corrected chi connectivity index (χ2v) is 6.36. The zero-order valence-corrected chi connectivity index (χ0v) is 12.1. The van der Waals surface area contributed by atoms with Crippen LogP contribution >= 0.6 is 0 Å². The highest BCUT2D eigenvalue weighted by atomic mass is 16.2. The smallest absolute Gasteiger partial charge is 0.225 e. The van der Waals surface area contributed by atoms with Crippen molar-refractivity contribution in [1.82, 2.24) is 10.2 Å². The zero-order chi connectivity index (χ0) is 13.1. The molecule has 2 saturated heterocycles. The molecule has 2 heterocycles. The molecule has 0 saturated carbocycles. The van der Waals surface area contributed by atoms with Crippen molar-refractivity contribution in [3.63, 3.8) is 0 Å². The molecule has 1 amide bonds. The van der Waals surface area contributed by atoms with Crippen molar-refractivity contribution in [2.24, 2.45) is 17.8 Å². The summed E-state index contributed by atoms with van der Waals surface area (Å²) < 4.78 is 0. The Morgan fingerprint density at radius 3 is 2.44 bits per heavy atom. The lowest BCUT2D eigenvalue weighted by Gasteiger charge is -2.36. The summed E-state index contributed by atoms with van der Waals surface area (Å²) in [5, 5.41) is 3.42. The molecule has 2 aliphatic heterocycles. The maximum absolute atomic E-state index is 12.6. The number of nitrogens with zero attached hydrogens (tertiary/aromatic N) is 1. The molecule has 3 nitrogen and oxygen atoms in total. The fourth-order valence-corrected chi connectivity index (χ4v) is 3.33. The summed E-state index contributed by atoms with van der Waals surface area (Å²) in [6.07, 6.45) is 4.90. The molecule has 104 valence electrons. The first-order chi connectivity index (χ1) is 8.61. The third-order valence-corrected chi connectivity index (χ3v) is 4.90. The molecular formula is C15H28N2O. The second kappa shape index (κ2) is 6.05. The quantitative estimate of drug-likeness (QED) is 0.835. The number of piperidine rings is 1. The van der Waals surface area contributed by atoms with Crippen LogP contribution in [0.4, 0.5) is 0 Å². The maximum Gasteiger partial charge on any atom is 0.225 e. The highest BCUT2D eigenvalue weighted by Gasteiger charge is 2.36. The summed E-state index contributed by atoms with van der Waals surface area (Å²) in [7, 11) is 0. The number of carbonyl (C=O) groups is 1. The van der Waals surface area contributed by atoms with Crippen molar-refractivity contribution in [1.29, 1.82) is 0 Å². The average molecular weight is 252 g/mol. The van der Waals surface area contributed by atoms with Crippen molar-refractivity contribution in [2.45, 2.75) is 52.5 Å². The molecule has 2 rings (SSSR count). The highest BCUT2D eigenvalue weighted by molar-refractivity contribution is 5.79. The summed E-state index contributed by atoms with van der Waals surface area (Å²) in [5.74, 6) is 1.75. The van der Waals surface area contributed by atoms with E-state index in [-0.39, 0.29) is 5.92 Å². The molecule has 0 aromatic carbocycles. The zero-order valence-electron chi connectivity index (χ0n) is 12.1. The van der Waals surface area contributed by atoms with E-state index in [0.717, 1.165) is 25.6 Å². The summed E-state index contributed by atoms with van der Waals surface area (Å²) in [6.45, 7) is 9.64. The number of rotatable bonds is 3. The Balaban J connectivity index is 2.00. The first-order valence-corrected chi connectivity index (χ1v) is 7.62. The van der Waals surface area contributed by atoms with Gasteiger partial charge in [0.25, 0.3) is 0 Å². The summed E-state index contributed by atoms with van der Waals surface area (Å²) in [5.41, 5.74) is 0. The van der Waals surface area contributed by atoms with Crippen LogP contribution in [0.1, 0.15) is 46.5 Å². The first-order valence-electron chi connectivity index (χ1n) is 7.62. The van der Waals surface area contributed by atoms with Gasteiger partial charge in [0.1, 0.15) is 0 Å². The van der Waals surface area contributed by atoms with E-state index in [4.69, 9.17) is 0 Å². The van der Waals surface area contributed by atoms with Crippen molar-refractivity contribution in [2.75, 3.05) is 19.6 Å². The van der Waals surface area contributed by atoms with E-state index in [2.05, 4.69) is 31.0 Å². The van der Waals surface area contributed by atoms with Crippen LogP contribution < -0.4 is 5.32 Å². The standard InChI is InChI=1S/C15H28N2O/c1-11(2)12(3)15(18)17-10-4-5-14(17)13-6-8-16-9-7-13/h11-14,16H,4-10H2,1-3H3. The number of hydrogen-bond acceptors (Lipinski definition) is 2. The minimum absolute atomic E-state index is 0.173. The van der Waals surface area contributed by atoms with Crippen LogP contribution in [0.25, 0.3) is 0 Å². The molecule has 0 aromatic heterocycles. The molecule has 2 unspecified atom stereocenters. The summed E-state index contributed by atoms with van der Waals surface area (Å²) in [4.78, 5) is 14.8. The lowest BCUT2D eigenvalue weighted by molar-refractivity contribution is -0.138. The van der Waals surface area contributed by atoms with Crippen LogP contribution in [-0.2, 0) is 4.79 Å². The van der Waals surface area contributed by atoms with Gasteiger partial charge >= 0.3 is 0 Å². The topological polar surface area (TPSA) is 32.3 Å². The third kappa shape index (κ3) is 2.87. The van der Waals surface area contributed by atoms with Gasteiger partial charge in [0.2, 0.25) is 5.91 Å². The molecule has 2 aliphatic rings. The predicted molar refractivity (Wildman–Crippen MR) is 74.3 cm³/mol. The molecule has 0 bridgehead atoms. The third-order valence-electron chi connectivity index (χ3n) is 4.90. The molecule has 18 heavy (non-hydrogen) atoms. The largest absolute Gasteiger partial charge is 0.339 e. The predicted octanol–water partition coefficient (Wildman–Crippen LogP) is 2.27. The minimum Gasteiger partial charge on any atom is -0.339 e. The summed E-state index contributed by atoms with van der Waals surface area (Å²) >= 11 is 0. The Labute approximate surface area is 111 Å². The highest BCUT2D eigenvalue weighted by Crippen LogP contribution is 2.31. The number of hydrogen-bond donors (Lipinski definition) is 1. The maximum atomic E-state index is 12.6. The normalized spacial score (nSPS) is 27.8. The van der Waals surface area contributed by atoms with Gasteiger partial charge < -0.3 is 10.2 Å². The molecular weight excluding hydrogens is 224 g/mol. The van der Waals surface area contributed by atoms with E-state index in [0.29, 0.717) is 17.9 Å². The number of nitrogens with one attached hydrogen (secondary N) is 1. The van der Waals surface area contributed by atoms with E-state index in [1.807, 2.05) is 0 Å². The van der Waals surface area contributed by atoms with E-state index >= 15 is 0 Å². The number of amides is 1. The fraction of sp³-hybridized carbons (Fsp3) is 0.933. The fourth-order valence-electron chi connectivity index (χ4n) is 3.33. The van der Waals surface area contributed by atoms with E-state index in [1.54, 1.807) is 0 Å². The number of likely N-dealkylation sites (tertiary alicyclic amines) is 1. The Hall–Kier alpha value is -0.570. The average Bonchev–Trinajstić information content (AvgIpc) is 2.87. The van der Waals surface area contributed by atoms with Crippen LogP contribution in [0.2, 0.25) is 0 Å². The van der Waals surface area contributed by atoms with Crippen LogP contribution in [-0.4, -0.2) is 36.5 Å². The van der Waals surface area contributed by atoms with Crippen molar-refractivity contribution in [3.05, 3.63) is 0 Å². The van der Waals surface area contributed by atoms with Gasteiger partial charge in [0, 0.05) is 18.5 Å². The molecule has 2 fully saturated rings. The van der Waals surface area contributed by atoms with Crippen LogP contribution in [0, 0.1) is 17.8 Å². The summed E-state index contributed by atoms with van der Waals surface area (Å²) in [6, 6.07) is 0.529. The van der Waals surface area contributed by atoms with E-state index in [1.165, 1.54) is 25.7 Å². The molecule has 3 heteroatoms. The van der Waals surface area contributed by atoms with Gasteiger partial charge in [-0.1, -0.05) is 20.8 Å². The van der Waals surface area contributed by atoms with Gasteiger partial charge in [-0.15, -0.1) is 0 Å². The molecule has 0 aliphatic carbocycles. The molecule has 0 aromatic rings. The van der Waals surface area contributed by atoms with E-state index < -0.39 is 0 Å². The molecule has 1 N–H and O–H groups in total. The van der Waals surface area contributed by atoms with Crippen LogP contribution in [0.3, 0.4) is 0 Å². The van der Waals surface area contributed by atoms with Gasteiger partial charge in [0.15, 0.2) is 0 Å². The van der Waals surface area contributed by atoms with Gasteiger partial charge in [-0.2, -0.15) is 0 Å². The van der Waals surface area contributed by atoms with Crippen LogP contribution in [0.5, 0.6) is 0 Å². The van der Waals surface area contributed by atoms with E-state index in [9.17, 15) is 4.79 Å². The van der Waals surface area contributed by atoms with Crippen molar-refractivity contribution < 1.29 is 4.79 Å². The minimum atomic E-state index is 0.173. The monoisotopic (exact) mass is 252 g/mol. The number of carbonyl (C=O) groups excluding carboxylic acids is 1.